The minimum Gasteiger partial charge on any atom is -0.391 e. The first kappa shape index (κ1) is 12.0. The van der Waals surface area contributed by atoms with E-state index < -0.39 is 0 Å². The number of nitrogens with one attached hydrogen (secondary N) is 1. The predicted octanol–water partition coefficient (Wildman–Crippen LogP) is 3.27. The molecule has 0 heterocycles. The number of hydrogen-bond acceptors (Lipinski definition) is 1. The third-order valence-electron chi connectivity index (χ3n) is 1.46. The molecule has 0 aromatic rings. The maximum Gasteiger partial charge on any atom is 0.0164 e. The van der Waals surface area contributed by atoms with Crippen molar-refractivity contribution in [3.8, 4) is 0 Å². The molecule has 74 valence electrons. The van der Waals surface area contributed by atoms with Crippen LogP contribution in [0.15, 0.2) is 36.1 Å². The van der Waals surface area contributed by atoms with Crippen LogP contribution in [0.25, 0.3) is 0 Å². The van der Waals surface area contributed by atoms with E-state index in [1.165, 1.54) is 5.57 Å². The van der Waals surface area contributed by atoms with Crippen molar-refractivity contribution in [2.45, 2.75) is 27.7 Å². The SMILES string of the molecule is C=C(C)/C=C(C)\C=C/NCC(C)C. The molecule has 0 bridgehead atoms. The van der Waals surface area contributed by atoms with Crippen molar-refractivity contribution in [2.75, 3.05) is 6.54 Å². The van der Waals surface area contributed by atoms with Crippen molar-refractivity contribution in [1.82, 2.24) is 5.32 Å². The molecule has 1 nitrogen and oxygen atoms in total. The molecule has 0 fully saturated rings. The van der Waals surface area contributed by atoms with E-state index in [2.05, 4.69) is 44.8 Å². The van der Waals surface area contributed by atoms with Crippen molar-refractivity contribution in [1.29, 1.82) is 0 Å². The Kier molecular flexibility index (Phi) is 6.03. The maximum atomic E-state index is 3.82. The van der Waals surface area contributed by atoms with Gasteiger partial charge in [-0.15, -0.1) is 0 Å². The molecule has 0 unspecified atom stereocenters. The molecule has 0 amide bonds. The van der Waals surface area contributed by atoms with Crippen molar-refractivity contribution in [3.63, 3.8) is 0 Å². The highest BCUT2D eigenvalue weighted by atomic mass is 14.8. The molecule has 0 aliphatic rings. The van der Waals surface area contributed by atoms with Crippen LogP contribution in [0.5, 0.6) is 0 Å². The van der Waals surface area contributed by atoms with Crippen LogP contribution in [0, 0.1) is 5.92 Å². The first-order valence-corrected chi connectivity index (χ1v) is 4.76. The fraction of sp³-hybridized carbons (Fsp3) is 0.500. The zero-order valence-corrected chi connectivity index (χ0v) is 9.22. The number of allylic oxidation sites excluding steroid dienone is 4. The van der Waals surface area contributed by atoms with Gasteiger partial charge in [-0.1, -0.05) is 32.1 Å². The Morgan fingerprint density at radius 1 is 1.38 bits per heavy atom. The van der Waals surface area contributed by atoms with Crippen LogP contribution < -0.4 is 5.32 Å². The summed E-state index contributed by atoms with van der Waals surface area (Å²) in [7, 11) is 0. The van der Waals surface area contributed by atoms with Gasteiger partial charge in [-0.2, -0.15) is 0 Å². The van der Waals surface area contributed by atoms with Crippen molar-refractivity contribution in [2.24, 2.45) is 5.92 Å². The zero-order valence-electron chi connectivity index (χ0n) is 9.22. The smallest absolute Gasteiger partial charge is 0.0164 e. The zero-order chi connectivity index (χ0) is 10.3. The summed E-state index contributed by atoms with van der Waals surface area (Å²) >= 11 is 0. The monoisotopic (exact) mass is 179 g/mol. The first-order valence-electron chi connectivity index (χ1n) is 4.76. The Bertz CT molecular complexity index is 209. The summed E-state index contributed by atoms with van der Waals surface area (Å²) in [6.07, 6.45) is 6.12. The first-order chi connectivity index (χ1) is 6.02. The van der Waals surface area contributed by atoms with E-state index in [4.69, 9.17) is 0 Å². The fourth-order valence-corrected chi connectivity index (χ4v) is 0.931. The Morgan fingerprint density at radius 2 is 2.00 bits per heavy atom. The topological polar surface area (TPSA) is 12.0 Å². The summed E-state index contributed by atoms with van der Waals surface area (Å²) in [5.41, 5.74) is 2.31. The summed E-state index contributed by atoms with van der Waals surface area (Å²) in [5.74, 6) is 0.690. The molecule has 1 N–H and O–H groups in total. The molecule has 0 aromatic carbocycles. The van der Waals surface area contributed by atoms with Gasteiger partial charge in [0.25, 0.3) is 0 Å². The van der Waals surface area contributed by atoms with Gasteiger partial charge >= 0.3 is 0 Å². The minimum atomic E-state index is 0.690. The van der Waals surface area contributed by atoms with E-state index in [0.29, 0.717) is 5.92 Å². The van der Waals surface area contributed by atoms with Crippen LogP contribution in [0.1, 0.15) is 27.7 Å². The Labute approximate surface area is 82.2 Å². The lowest BCUT2D eigenvalue weighted by atomic mass is 10.2. The molecule has 0 radical (unpaired) electrons. The van der Waals surface area contributed by atoms with Crippen LogP contribution in [0.4, 0.5) is 0 Å². The number of rotatable bonds is 5. The van der Waals surface area contributed by atoms with Crippen molar-refractivity contribution in [3.05, 3.63) is 36.1 Å². The van der Waals surface area contributed by atoms with Gasteiger partial charge < -0.3 is 5.32 Å². The molecular formula is C12H21N. The summed E-state index contributed by atoms with van der Waals surface area (Å²) in [6.45, 7) is 13.3. The average Bonchev–Trinajstić information content (AvgIpc) is 1.96. The van der Waals surface area contributed by atoms with Crippen LogP contribution in [0.3, 0.4) is 0 Å². The van der Waals surface area contributed by atoms with Gasteiger partial charge in [-0.25, -0.2) is 0 Å². The highest BCUT2D eigenvalue weighted by molar-refractivity contribution is 5.25. The summed E-state index contributed by atoms with van der Waals surface area (Å²) in [6, 6.07) is 0. The summed E-state index contributed by atoms with van der Waals surface area (Å²) < 4.78 is 0. The minimum absolute atomic E-state index is 0.690. The third kappa shape index (κ3) is 8.93. The standard InChI is InChI=1S/C12H21N/c1-10(2)8-12(5)6-7-13-9-11(3)4/h6-8,11,13H,1,9H2,2-5H3/b7-6-,12-8-. The molecule has 0 saturated carbocycles. The quantitative estimate of drug-likeness (QED) is 0.639. The molecule has 0 aromatic heterocycles. The van der Waals surface area contributed by atoms with E-state index in [-0.39, 0.29) is 0 Å². The predicted molar refractivity (Wildman–Crippen MR) is 60.6 cm³/mol. The van der Waals surface area contributed by atoms with E-state index in [0.717, 1.165) is 12.1 Å². The molecule has 1 heteroatoms. The third-order valence-corrected chi connectivity index (χ3v) is 1.46. The maximum absolute atomic E-state index is 3.82. The van der Waals surface area contributed by atoms with Gasteiger partial charge in [-0.3, -0.25) is 0 Å². The lowest BCUT2D eigenvalue weighted by molar-refractivity contribution is 0.611. The second kappa shape index (κ2) is 6.53. The van der Waals surface area contributed by atoms with Gasteiger partial charge in [0.2, 0.25) is 0 Å². The highest BCUT2D eigenvalue weighted by Crippen LogP contribution is 1.99. The van der Waals surface area contributed by atoms with Crippen LogP contribution in [-0.2, 0) is 0 Å². The molecular weight excluding hydrogens is 158 g/mol. The second-order valence-corrected chi connectivity index (χ2v) is 3.87. The van der Waals surface area contributed by atoms with Crippen LogP contribution in [-0.4, -0.2) is 6.54 Å². The van der Waals surface area contributed by atoms with Gasteiger partial charge in [-0.05, 0) is 37.6 Å². The molecule has 0 saturated heterocycles. The van der Waals surface area contributed by atoms with E-state index in [9.17, 15) is 0 Å². The molecule has 0 spiro atoms. The summed E-state index contributed by atoms with van der Waals surface area (Å²) in [5, 5.41) is 3.24. The number of hydrogen-bond donors (Lipinski definition) is 1. The Balaban J connectivity index is 3.78. The molecule has 0 atom stereocenters. The van der Waals surface area contributed by atoms with E-state index in [1.807, 2.05) is 13.1 Å². The van der Waals surface area contributed by atoms with Crippen molar-refractivity contribution < 1.29 is 0 Å². The van der Waals surface area contributed by atoms with E-state index >= 15 is 0 Å². The van der Waals surface area contributed by atoms with Gasteiger partial charge in [0.05, 0.1) is 0 Å². The van der Waals surface area contributed by atoms with Crippen LogP contribution >= 0.6 is 0 Å². The lowest BCUT2D eigenvalue weighted by Gasteiger charge is -2.02. The second-order valence-electron chi connectivity index (χ2n) is 3.87. The van der Waals surface area contributed by atoms with Gasteiger partial charge in [0.15, 0.2) is 0 Å². The largest absolute Gasteiger partial charge is 0.391 e. The van der Waals surface area contributed by atoms with Gasteiger partial charge in [0.1, 0.15) is 0 Å². The molecule has 0 aliphatic heterocycles. The normalized spacial score (nSPS) is 12.5. The summed E-state index contributed by atoms with van der Waals surface area (Å²) in [4.78, 5) is 0. The lowest BCUT2D eigenvalue weighted by Crippen LogP contribution is -2.12. The molecule has 0 rings (SSSR count). The highest BCUT2D eigenvalue weighted by Gasteiger charge is 1.87. The van der Waals surface area contributed by atoms with Crippen LogP contribution in [0.2, 0.25) is 0 Å². The van der Waals surface area contributed by atoms with Gasteiger partial charge in [0, 0.05) is 6.54 Å². The molecule has 13 heavy (non-hydrogen) atoms. The molecule has 0 aliphatic carbocycles. The average molecular weight is 179 g/mol. The Hall–Kier alpha value is -0.980. The van der Waals surface area contributed by atoms with Crippen molar-refractivity contribution >= 4 is 0 Å². The Morgan fingerprint density at radius 3 is 2.46 bits per heavy atom. The fourth-order valence-electron chi connectivity index (χ4n) is 0.931. The van der Waals surface area contributed by atoms with E-state index in [1.54, 1.807) is 0 Å².